The van der Waals surface area contributed by atoms with Crippen molar-refractivity contribution in [2.75, 3.05) is 18.1 Å². The third-order valence-corrected chi connectivity index (χ3v) is 4.88. The molecule has 0 aromatic carbocycles. The molecule has 0 saturated carbocycles. The molecule has 0 aliphatic carbocycles. The Morgan fingerprint density at radius 2 is 2.29 bits per heavy atom. The Balaban J connectivity index is 2.01. The molecule has 21 heavy (non-hydrogen) atoms. The zero-order valence-corrected chi connectivity index (χ0v) is 12.0. The minimum atomic E-state index is -3.30. The third-order valence-electron chi connectivity index (χ3n) is 3.19. The largest absolute Gasteiger partial charge is 0.481 e. The van der Waals surface area contributed by atoms with E-state index in [0.29, 0.717) is 5.69 Å². The maximum atomic E-state index is 12.1. The van der Waals surface area contributed by atoms with Crippen molar-refractivity contribution in [2.45, 2.75) is 19.0 Å². The fourth-order valence-corrected chi connectivity index (χ4v) is 3.70. The maximum Gasteiger partial charge on any atom is 0.318 e. The molecule has 3 N–H and O–H groups in total. The number of amides is 2. The summed E-state index contributed by atoms with van der Waals surface area (Å²) in [6, 6.07) is -1.33. The molecule has 0 spiro atoms. The van der Waals surface area contributed by atoms with E-state index in [2.05, 4.69) is 15.3 Å². The standard InChI is InChI=1S/C11H16N4O5S/c16-10(17)3-9-6-21(19,20)2-1-15(9)11(18)13-5-8-4-12-7-14-8/h4,7,9H,1-3,5-6H2,(H,12,14)(H,13,18)(H,16,17). The van der Waals surface area contributed by atoms with E-state index < -0.39 is 34.3 Å². The molecule has 2 heterocycles. The number of nitrogens with zero attached hydrogens (tertiary/aromatic N) is 2. The summed E-state index contributed by atoms with van der Waals surface area (Å²) < 4.78 is 23.2. The Bertz CT molecular complexity index is 613. The Kier molecular flexibility index (Phi) is 4.46. The number of carboxylic acids is 1. The van der Waals surface area contributed by atoms with Gasteiger partial charge in [0.05, 0.1) is 42.5 Å². The van der Waals surface area contributed by atoms with E-state index in [-0.39, 0.29) is 24.6 Å². The summed E-state index contributed by atoms with van der Waals surface area (Å²) in [7, 11) is -3.30. The zero-order chi connectivity index (χ0) is 15.5. The number of sulfone groups is 1. The van der Waals surface area contributed by atoms with Crippen LogP contribution in [0.2, 0.25) is 0 Å². The minimum absolute atomic E-state index is 0.00487. The number of carbonyl (C=O) groups excluding carboxylic acids is 1. The monoisotopic (exact) mass is 316 g/mol. The van der Waals surface area contributed by atoms with Crippen molar-refractivity contribution in [1.82, 2.24) is 20.2 Å². The van der Waals surface area contributed by atoms with Crippen molar-refractivity contribution in [1.29, 1.82) is 0 Å². The van der Waals surface area contributed by atoms with Gasteiger partial charge in [-0.2, -0.15) is 0 Å². The van der Waals surface area contributed by atoms with Crippen LogP contribution < -0.4 is 5.32 Å². The van der Waals surface area contributed by atoms with Gasteiger partial charge in [0.15, 0.2) is 9.84 Å². The van der Waals surface area contributed by atoms with Crippen LogP contribution in [0.3, 0.4) is 0 Å². The van der Waals surface area contributed by atoms with E-state index in [0.717, 1.165) is 0 Å². The minimum Gasteiger partial charge on any atom is -0.481 e. The molecule has 1 fully saturated rings. The number of imidazole rings is 1. The summed E-state index contributed by atoms with van der Waals surface area (Å²) in [5.41, 5.74) is 0.697. The van der Waals surface area contributed by atoms with Crippen LogP contribution in [-0.2, 0) is 21.2 Å². The Labute approximate surface area is 121 Å². The van der Waals surface area contributed by atoms with Crippen LogP contribution in [0, 0.1) is 0 Å². The third kappa shape index (κ3) is 4.18. The highest BCUT2D eigenvalue weighted by Crippen LogP contribution is 2.15. The van der Waals surface area contributed by atoms with E-state index in [9.17, 15) is 18.0 Å². The number of aromatic amines is 1. The SMILES string of the molecule is O=C(O)CC1CS(=O)(=O)CCN1C(=O)NCc1cnc[nH]1. The highest BCUT2D eigenvalue weighted by Gasteiger charge is 2.35. The van der Waals surface area contributed by atoms with Gasteiger partial charge in [-0.3, -0.25) is 4.79 Å². The van der Waals surface area contributed by atoms with Crippen molar-refractivity contribution >= 4 is 21.8 Å². The summed E-state index contributed by atoms with van der Waals surface area (Å²) in [5, 5.41) is 11.5. The van der Waals surface area contributed by atoms with Gasteiger partial charge in [-0.1, -0.05) is 0 Å². The van der Waals surface area contributed by atoms with Crippen LogP contribution >= 0.6 is 0 Å². The molecule has 116 valence electrons. The lowest BCUT2D eigenvalue weighted by Gasteiger charge is -2.34. The van der Waals surface area contributed by atoms with Crippen LogP contribution in [-0.4, -0.2) is 64.5 Å². The van der Waals surface area contributed by atoms with Gasteiger partial charge in [-0.15, -0.1) is 0 Å². The molecule has 1 atom stereocenters. The highest BCUT2D eigenvalue weighted by atomic mass is 32.2. The average molecular weight is 316 g/mol. The molecule has 0 bridgehead atoms. The molecule has 10 heteroatoms. The molecule has 1 aromatic heterocycles. The number of carboxylic acid groups (broad SMARTS) is 1. The lowest BCUT2D eigenvalue weighted by molar-refractivity contribution is -0.138. The van der Waals surface area contributed by atoms with Crippen LogP contribution in [0.1, 0.15) is 12.1 Å². The molecule has 1 unspecified atom stereocenters. The first-order valence-corrected chi connectivity index (χ1v) is 8.13. The van der Waals surface area contributed by atoms with Gasteiger partial charge in [0.1, 0.15) is 0 Å². The van der Waals surface area contributed by atoms with Gasteiger partial charge in [-0.25, -0.2) is 18.2 Å². The predicted octanol–water partition coefficient (Wildman–Crippen LogP) is -0.807. The van der Waals surface area contributed by atoms with E-state index in [1.54, 1.807) is 6.20 Å². The van der Waals surface area contributed by atoms with Gasteiger partial charge in [0.2, 0.25) is 0 Å². The smallest absolute Gasteiger partial charge is 0.318 e. The predicted molar refractivity (Wildman–Crippen MR) is 72.2 cm³/mol. The quantitative estimate of drug-likeness (QED) is 0.665. The van der Waals surface area contributed by atoms with Crippen molar-refractivity contribution in [3.63, 3.8) is 0 Å². The molecule has 1 aliphatic heterocycles. The van der Waals surface area contributed by atoms with Crippen molar-refractivity contribution in [2.24, 2.45) is 0 Å². The normalized spacial score (nSPS) is 21.0. The Morgan fingerprint density at radius 3 is 2.90 bits per heavy atom. The highest BCUT2D eigenvalue weighted by molar-refractivity contribution is 7.91. The molecule has 9 nitrogen and oxygen atoms in total. The molecule has 1 aromatic rings. The Hall–Kier alpha value is -2.10. The van der Waals surface area contributed by atoms with Gasteiger partial charge < -0.3 is 20.3 Å². The number of aromatic nitrogens is 2. The fourth-order valence-electron chi connectivity index (χ4n) is 2.18. The lowest BCUT2D eigenvalue weighted by atomic mass is 10.2. The number of urea groups is 1. The molecule has 1 saturated heterocycles. The second-order valence-electron chi connectivity index (χ2n) is 4.79. The summed E-state index contributed by atoms with van der Waals surface area (Å²) in [4.78, 5) is 30.8. The second kappa shape index (κ2) is 6.12. The van der Waals surface area contributed by atoms with Gasteiger partial charge in [-0.05, 0) is 0 Å². The molecule has 0 radical (unpaired) electrons. The number of carbonyl (C=O) groups is 2. The summed E-state index contributed by atoms with van der Waals surface area (Å²) in [5.74, 6) is -1.61. The van der Waals surface area contributed by atoms with Gasteiger partial charge in [0.25, 0.3) is 0 Å². The summed E-state index contributed by atoms with van der Waals surface area (Å²) in [6.07, 6.45) is 2.63. The second-order valence-corrected chi connectivity index (χ2v) is 7.02. The molecule has 1 aliphatic rings. The maximum absolute atomic E-state index is 12.1. The van der Waals surface area contributed by atoms with E-state index >= 15 is 0 Å². The summed E-state index contributed by atoms with van der Waals surface area (Å²) in [6.45, 7) is 0.205. The fraction of sp³-hybridized carbons (Fsp3) is 0.545. The molecule has 2 rings (SSSR count). The number of nitrogens with one attached hydrogen (secondary N) is 2. The number of hydrogen-bond donors (Lipinski definition) is 3. The number of rotatable bonds is 4. The van der Waals surface area contributed by atoms with Crippen LogP contribution in [0.5, 0.6) is 0 Å². The first-order valence-electron chi connectivity index (χ1n) is 6.31. The first kappa shape index (κ1) is 15.3. The number of hydrogen-bond acceptors (Lipinski definition) is 5. The first-order chi connectivity index (χ1) is 9.87. The van der Waals surface area contributed by atoms with E-state index in [1.807, 2.05) is 0 Å². The van der Waals surface area contributed by atoms with Crippen molar-refractivity contribution in [3.8, 4) is 0 Å². The van der Waals surface area contributed by atoms with Crippen LogP contribution in [0.15, 0.2) is 12.5 Å². The average Bonchev–Trinajstić information content (AvgIpc) is 2.87. The lowest BCUT2D eigenvalue weighted by Crippen LogP contribution is -2.54. The van der Waals surface area contributed by atoms with Crippen LogP contribution in [0.4, 0.5) is 4.79 Å². The number of aliphatic carboxylic acids is 1. The van der Waals surface area contributed by atoms with Gasteiger partial charge in [0, 0.05) is 12.7 Å². The van der Waals surface area contributed by atoms with E-state index in [1.165, 1.54) is 11.2 Å². The zero-order valence-electron chi connectivity index (χ0n) is 11.2. The van der Waals surface area contributed by atoms with Crippen LogP contribution in [0.25, 0.3) is 0 Å². The molecular formula is C11H16N4O5S. The van der Waals surface area contributed by atoms with Crippen molar-refractivity contribution in [3.05, 3.63) is 18.2 Å². The molecular weight excluding hydrogens is 300 g/mol. The number of H-pyrrole nitrogens is 1. The molecule has 2 amide bonds. The van der Waals surface area contributed by atoms with E-state index in [4.69, 9.17) is 5.11 Å². The summed E-state index contributed by atoms with van der Waals surface area (Å²) >= 11 is 0. The topological polar surface area (TPSA) is 132 Å². The van der Waals surface area contributed by atoms with Crippen molar-refractivity contribution < 1.29 is 23.1 Å². The van der Waals surface area contributed by atoms with Gasteiger partial charge >= 0.3 is 12.0 Å². The Morgan fingerprint density at radius 1 is 1.52 bits per heavy atom.